The molecule has 0 bridgehead atoms. The van der Waals surface area contributed by atoms with Crippen molar-refractivity contribution in [1.29, 1.82) is 0 Å². The summed E-state index contributed by atoms with van der Waals surface area (Å²) in [5, 5.41) is 13.9. The van der Waals surface area contributed by atoms with Gasteiger partial charge in [0.05, 0.1) is 18.3 Å². The molecule has 1 aromatic carbocycles. The third-order valence-corrected chi connectivity index (χ3v) is 7.88. The standard InChI is InChI=1S/C24H21ClN6O4S2.Na/c1-12-13(2)36-24-21(12)22(15-4-6-16(25)7-5-15)27-18(23-30-28-14(3)31(23)24)10-19(32)29-26-11-17-8-9-20(35-17)37(33)34;/h4-9,11,18H,10H2,1-3H3,(H,29,32)(H,33,34);/q;+1/p-1/b26-11+;/t18-;/m0./s1. The summed E-state index contributed by atoms with van der Waals surface area (Å²) in [6.45, 7) is 5.98. The Hall–Kier alpha value is -2.45. The van der Waals surface area contributed by atoms with Crippen LogP contribution in [0.15, 0.2) is 56.0 Å². The summed E-state index contributed by atoms with van der Waals surface area (Å²) in [4.78, 5) is 19.1. The van der Waals surface area contributed by atoms with Gasteiger partial charge >= 0.3 is 29.6 Å². The molecule has 3 aromatic heterocycles. The quantitative estimate of drug-likeness (QED) is 0.158. The smallest absolute Gasteiger partial charge is 0.766 e. The molecule has 2 atom stereocenters. The number of hydrogen-bond donors (Lipinski definition) is 1. The minimum absolute atomic E-state index is 0. The molecule has 38 heavy (non-hydrogen) atoms. The van der Waals surface area contributed by atoms with E-state index in [9.17, 15) is 13.6 Å². The van der Waals surface area contributed by atoms with E-state index in [1.54, 1.807) is 11.3 Å². The number of amides is 1. The molecule has 0 fully saturated rings. The van der Waals surface area contributed by atoms with E-state index in [0.717, 1.165) is 32.3 Å². The van der Waals surface area contributed by atoms with E-state index in [1.807, 2.05) is 35.8 Å². The average Bonchev–Trinajstić information content (AvgIpc) is 3.53. The number of nitrogens with one attached hydrogen (secondary N) is 1. The van der Waals surface area contributed by atoms with Crippen LogP contribution < -0.4 is 35.0 Å². The summed E-state index contributed by atoms with van der Waals surface area (Å²) in [6.07, 6.45) is 1.17. The number of aromatic nitrogens is 3. The first-order valence-electron chi connectivity index (χ1n) is 11.1. The number of halogens is 1. The van der Waals surface area contributed by atoms with Gasteiger partial charge in [0.1, 0.15) is 22.6 Å². The molecule has 190 valence electrons. The van der Waals surface area contributed by atoms with E-state index < -0.39 is 23.0 Å². The fraction of sp³-hybridized carbons (Fsp3) is 0.208. The summed E-state index contributed by atoms with van der Waals surface area (Å²) in [6, 6.07) is 9.52. The minimum atomic E-state index is -2.49. The number of carbonyl (C=O) groups excluding carboxylic acids is 1. The number of thiophene rings is 1. The minimum Gasteiger partial charge on any atom is -0.766 e. The largest absolute Gasteiger partial charge is 1.00 e. The van der Waals surface area contributed by atoms with Gasteiger partial charge in [0.2, 0.25) is 5.91 Å². The van der Waals surface area contributed by atoms with Gasteiger partial charge in [-0.25, -0.2) is 5.43 Å². The maximum absolute atomic E-state index is 12.9. The van der Waals surface area contributed by atoms with E-state index in [1.165, 1.54) is 18.3 Å². The predicted molar refractivity (Wildman–Crippen MR) is 140 cm³/mol. The van der Waals surface area contributed by atoms with Crippen LogP contribution in [0.3, 0.4) is 0 Å². The van der Waals surface area contributed by atoms with Crippen molar-refractivity contribution in [3.8, 4) is 5.00 Å². The van der Waals surface area contributed by atoms with Gasteiger partial charge in [0.25, 0.3) is 0 Å². The Bertz CT molecular complexity index is 1590. The van der Waals surface area contributed by atoms with Crippen molar-refractivity contribution in [2.24, 2.45) is 10.1 Å². The van der Waals surface area contributed by atoms with E-state index in [-0.39, 0.29) is 46.8 Å². The molecule has 5 rings (SSSR count). The molecule has 1 aliphatic heterocycles. The van der Waals surface area contributed by atoms with Gasteiger partial charge < -0.3 is 8.97 Å². The summed E-state index contributed by atoms with van der Waals surface area (Å²) in [7, 11) is 0. The average molecular weight is 579 g/mol. The topological polar surface area (TPSA) is 138 Å². The molecule has 1 unspecified atom stereocenters. The number of aryl methyl sites for hydroxylation is 2. The van der Waals surface area contributed by atoms with Crippen molar-refractivity contribution >= 4 is 51.9 Å². The Morgan fingerprint density at radius 2 is 1.97 bits per heavy atom. The maximum atomic E-state index is 12.9. The van der Waals surface area contributed by atoms with Crippen LogP contribution in [0.5, 0.6) is 0 Å². The number of hydrogen-bond acceptors (Lipinski definition) is 9. The molecule has 10 nitrogen and oxygen atoms in total. The molecular formula is C24H20ClN6NaO4S2. The van der Waals surface area contributed by atoms with Gasteiger partial charge in [0, 0.05) is 32.1 Å². The van der Waals surface area contributed by atoms with Crippen LogP contribution in [0.2, 0.25) is 5.02 Å². The van der Waals surface area contributed by atoms with Crippen LogP contribution in [-0.4, -0.2) is 41.4 Å². The molecule has 0 saturated carbocycles. The van der Waals surface area contributed by atoms with Crippen LogP contribution in [0, 0.1) is 20.8 Å². The first-order chi connectivity index (χ1) is 17.7. The van der Waals surface area contributed by atoms with Gasteiger partial charge in [-0.05, 0) is 50.6 Å². The Kier molecular flexibility index (Phi) is 8.82. The Morgan fingerprint density at radius 1 is 1.24 bits per heavy atom. The number of aliphatic imine (C=N–C) groups is 1. The van der Waals surface area contributed by atoms with E-state index in [2.05, 4.69) is 34.6 Å². The van der Waals surface area contributed by atoms with E-state index >= 15 is 0 Å². The molecule has 0 saturated heterocycles. The number of fused-ring (bicyclic) bond motifs is 3. The second-order valence-electron chi connectivity index (χ2n) is 8.29. The monoisotopic (exact) mass is 578 g/mol. The van der Waals surface area contributed by atoms with Crippen LogP contribution in [0.1, 0.15) is 51.4 Å². The molecule has 1 aliphatic rings. The molecule has 0 spiro atoms. The molecule has 0 aliphatic carbocycles. The van der Waals surface area contributed by atoms with Crippen LogP contribution in [0.25, 0.3) is 5.00 Å². The summed E-state index contributed by atoms with van der Waals surface area (Å²) < 4.78 is 29.0. The SMILES string of the molecule is Cc1sc2c(c1C)C(c1ccc(Cl)cc1)=N[C@@H](CC(=O)N/N=C/c1ccc(S(=O)[O-])o1)c1nnc(C)n1-2.[Na+]. The summed E-state index contributed by atoms with van der Waals surface area (Å²) >= 11 is 5.28. The first-order valence-corrected chi connectivity index (χ1v) is 13.4. The van der Waals surface area contributed by atoms with Gasteiger partial charge in [-0.3, -0.25) is 18.6 Å². The Balaban J connectivity index is 0.00000336. The van der Waals surface area contributed by atoms with E-state index in [0.29, 0.717) is 16.7 Å². The number of hydrazone groups is 1. The van der Waals surface area contributed by atoms with Crippen molar-refractivity contribution in [2.45, 2.75) is 38.3 Å². The number of furan rings is 1. The molecule has 4 aromatic rings. The molecule has 1 N–H and O–H groups in total. The number of rotatable bonds is 6. The Morgan fingerprint density at radius 3 is 2.66 bits per heavy atom. The van der Waals surface area contributed by atoms with Gasteiger partial charge in [-0.15, -0.1) is 21.5 Å². The third-order valence-electron chi connectivity index (χ3n) is 5.88. The molecule has 4 heterocycles. The van der Waals surface area contributed by atoms with Crippen molar-refractivity contribution in [3.05, 3.63) is 80.4 Å². The van der Waals surface area contributed by atoms with Crippen LogP contribution in [0.4, 0.5) is 0 Å². The zero-order valence-electron chi connectivity index (χ0n) is 20.9. The zero-order chi connectivity index (χ0) is 26.3. The molecule has 0 radical (unpaired) electrons. The fourth-order valence-electron chi connectivity index (χ4n) is 4.01. The van der Waals surface area contributed by atoms with Crippen molar-refractivity contribution in [1.82, 2.24) is 20.2 Å². The molecule has 1 amide bonds. The molecule has 14 heteroatoms. The van der Waals surface area contributed by atoms with E-state index in [4.69, 9.17) is 21.0 Å². The Labute approximate surface area is 251 Å². The number of benzene rings is 1. The fourth-order valence-corrected chi connectivity index (χ4v) is 5.70. The van der Waals surface area contributed by atoms with Crippen LogP contribution in [-0.2, 0) is 15.9 Å². The maximum Gasteiger partial charge on any atom is 1.00 e. The van der Waals surface area contributed by atoms with Gasteiger partial charge in [-0.1, -0.05) is 23.7 Å². The number of nitrogens with zero attached hydrogens (tertiary/aromatic N) is 5. The predicted octanol–water partition coefficient (Wildman–Crippen LogP) is 1.17. The van der Waals surface area contributed by atoms with Crippen molar-refractivity contribution in [2.75, 3.05) is 0 Å². The first kappa shape index (κ1) is 28.6. The van der Waals surface area contributed by atoms with Crippen molar-refractivity contribution < 1.29 is 47.5 Å². The second-order valence-corrected chi connectivity index (χ2v) is 10.8. The van der Waals surface area contributed by atoms with Crippen LogP contribution >= 0.6 is 22.9 Å². The van der Waals surface area contributed by atoms with Gasteiger partial charge in [0.15, 0.2) is 10.9 Å². The summed E-state index contributed by atoms with van der Waals surface area (Å²) in [5.41, 5.74) is 6.13. The molecular weight excluding hydrogens is 559 g/mol. The number of carbonyl (C=O) groups is 1. The summed E-state index contributed by atoms with van der Waals surface area (Å²) in [5.74, 6) is 1.02. The normalized spacial score (nSPS) is 15.3. The van der Waals surface area contributed by atoms with Crippen molar-refractivity contribution in [3.63, 3.8) is 0 Å². The third kappa shape index (κ3) is 5.62. The van der Waals surface area contributed by atoms with Gasteiger partial charge in [-0.2, -0.15) is 5.10 Å². The second kappa shape index (κ2) is 11.7. The zero-order valence-corrected chi connectivity index (χ0v) is 25.3.